The first kappa shape index (κ1) is 22.4. The molecule has 34 heavy (non-hydrogen) atoms. The van der Waals surface area contributed by atoms with E-state index in [1.54, 1.807) is 0 Å². The molecule has 1 saturated heterocycles. The summed E-state index contributed by atoms with van der Waals surface area (Å²) in [6.07, 6.45) is 1.64. The molecular weight excluding hydrogens is 436 g/mol. The van der Waals surface area contributed by atoms with Gasteiger partial charge in [0, 0.05) is 19.0 Å². The van der Waals surface area contributed by atoms with Gasteiger partial charge in [-0.05, 0) is 47.4 Å². The zero-order valence-electron chi connectivity index (χ0n) is 18.9. The van der Waals surface area contributed by atoms with Crippen LogP contribution in [0.5, 0.6) is 0 Å². The molecule has 2 aromatic carbocycles. The van der Waals surface area contributed by atoms with Gasteiger partial charge in [0.05, 0.1) is 6.61 Å². The molecule has 3 aliphatic rings. The minimum atomic E-state index is -1.03. The number of rotatable bonds is 8. The van der Waals surface area contributed by atoms with Crippen LogP contribution in [0.1, 0.15) is 36.3 Å². The lowest BCUT2D eigenvalue weighted by atomic mass is 9.98. The molecule has 0 spiro atoms. The van der Waals surface area contributed by atoms with Gasteiger partial charge in [0.2, 0.25) is 5.91 Å². The third kappa shape index (κ3) is 3.92. The summed E-state index contributed by atoms with van der Waals surface area (Å²) >= 11 is 0. The topological polar surface area (TPSA) is 105 Å². The van der Waals surface area contributed by atoms with Gasteiger partial charge in [0.1, 0.15) is 18.8 Å². The largest absolute Gasteiger partial charge is 0.479 e. The molecule has 2 fully saturated rings. The Morgan fingerprint density at radius 2 is 1.74 bits per heavy atom. The van der Waals surface area contributed by atoms with E-state index in [1.807, 2.05) is 24.3 Å². The van der Waals surface area contributed by atoms with Crippen molar-refractivity contribution in [3.8, 4) is 11.1 Å². The highest BCUT2D eigenvalue weighted by atomic mass is 16.5. The molecule has 178 valence electrons. The fourth-order valence-corrected chi connectivity index (χ4v) is 5.52. The molecular formula is C26H28N2O6. The predicted molar refractivity (Wildman–Crippen MR) is 123 cm³/mol. The number of nitrogens with zero attached hydrogens (tertiary/aromatic N) is 1. The average molecular weight is 465 g/mol. The fraction of sp³-hybridized carbons (Fsp3) is 0.423. The van der Waals surface area contributed by atoms with E-state index in [-0.39, 0.29) is 44.1 Å². The van der Waals surface area contributed by atoms with Crippen LogP contribution >= 0.6 is 0 Å². The summed E-state index contributed by atoms with van der Waals surface area (Å²) in [7, 11) is 0. The number of amides is 2. The van der Waals surface area contributed by atoms with Crippen molar-refractivity contribution in [1.29, 1.82) is 0 Å². The molecule has 1 heterocycles. The van der Waals surface area contributed by atoms with Crippen LogP contribution < -0.4 is 5.32 Å². The van der Waals surface area contributed by atoms with Crippen LogP contribution in [0.4, 0.5) is 4.79 Å². The van der Waals surface area contributed by atoms with Gasteiger partial charge in [-0.15, -0.1) is 0 Å². The van der Waals surface area contributed by atoms with E-state index in [2.05, 4.69) is 29.6 Å². The molecule has 8 heteroatoms. The SMILES string of the molecule is O=C(NCCOCC(=O)N1CCCC2CC21C(=O)O)OCC1c2ccccc2-c2ccccc21. The lowest BCUT2D eigenvalue weighted by Crippen LogP contribution is -2.52. The molecule has 5 rings (SSSR count). The van der Waals surface area contributed by atoms with E-state index in [1.165, 1.54) is 16.0 Å². The summed E-state index contributed by atoms with van der Waals surface area (Å²) in [6.45, 7) is 0.799. The van der Waals surface area contributed by atoms with Crippen molar-refractivity contribution >= 4 is 18.0 Å². The molecule has 2 amide bonds. The molecule has 2 atom stereocenters. The number of carbonyl (C=O) groups excluding carboxylic acids is 2. The van der Waals surface area contributed by atoms with Gasteiger partial charge in [-0.3, -0.25) is 4.79 Å². The second kappa shape index (κ2) is 9.10. The average Bonchev–Trinajstić information content (AvgIpc) is 3.53. The van der Waals surface area contributed by atoms with Crippen molar-refractivity contribution < 1.29 is 29.0 Å². The predicted octanol–water partition coefficient (Wildman–Crippen LogP) is 3.01. The molecule has 2 unspecified atom stereocenters. The van der Waals surface area contributed by atoms with Crippen LogP contribution in [0.25, 0.3) is 11.1 Å². The van der Waals surface area contributed by atoms with E-state index in [9.17, 15) is 19.5 Å². The summed E-state index contributed by atoms with van der Waals surface area (Å²) in [5.41, 5.74) is 3.60. The maximum absolute atomic E-state index is 12.5. The Kier molecular flexibility index (Phi) is 6.00. The minimum absolute atomic E-state index is 0.00984. The standard InChI is InChI=1S/C26H28N2O6/c29-23(28-12-5-6-17-14-26(17,28)24(30)31)16-33-13-11-27-25(32)34-15-22-20-9-3-1-7-18(20)19-8-2-4-10-21(19)22/h1-4,7-10,17,22H,5-6,11-16H2,(H,27,32)(H,30,31). The normalized spacial score (nSPS) is 22.4. The Bertz CT molecular complexity index is 1070. The van der Waals surface area contributed by atoms with Crippen molar-refractivity contribution in [3.05, 3.63) is 59.7 Å². The Morgan fingerprint density at radius 3 is 2.41 bits per heavy atom. The molecule has 8 nitrogen and oxygen atoms in total. The monoisotopic (exact) mass is 464 g/mol. The van der Waals surface area contributed by atoms with Crippen LogP contribution in [0, 0.1) is 5.92 Å². The van der Waals surface area contributed by atoms with E-state index in [0.717, 1.165) is 24.0 Å². The third-order valence-electron chi connectivity index (χ3n) is 7.25. The maximum Gasteiger partial charge on any atom is 0.407 e. The zero-order valence-corrected chi connectivity index (χ0v) is 18.9. The van der Waals surface area contributed by atoms with Crippen LogP contribution in [0.15, 0.2) is 48.5 Å². The number of carbonyl (C=O) groups is 3. The van der Waals surface area contributed by atoms with Gasteiger partial charge < -0.3 is 24.8 Å². The van der Waals surface area contributed by atoms with Crippen LogP contribution in [0.3, 0.4) is 0 Å². The number of likely N-dealkylation sites (tertiary alicyclic amines) is 1. The van der Waals surface area contributed by atoms with E-state index in [0.29, 0.717) is 13.0 Å². The lowest BCUT2D eigenvalue weighted by Gasteiger charge is -2.33. The van der Waals surface area contributed by atoms with Crippen molar-refractivity contribution in [2.45, 2.75) is 30.7 Å². The second-order valence-corrected chi connectivity index (χ2v) is 9.12. The second-order valence-electron chi connectivity index (χ2n) is 9.12. The van der Waals surface area contributed by atoms with E-state index < -0.39 is 17.6 Å². The van der Waals surface area contributed by atoms with Crippen molar-refractivity contribution in [2.75, 3.05) is 32.9 Å². The molecule has 2 N–H and O–H groups in total. The molecule has 1 saturated carbocycles. The molecule has 0 aromatic heterocycles. The van der Waals surface area contributed by atoms with E-state index in [4.69, 9.17) is 9.47 Å². The number of carboxylic acid groups (broad SMARTS) is 1. The number of hydrogen-bond acceptors (Lipinski definition) is 5. The number of ether oxygens (including phenoxy) is 2. The molecule has 0 radical (unpaired) electrons. The van der Waals surface area contributed by atoms with Crippen LogP contribution in [-0.4, -0.2) is 66.4 Å². The number of benzene rings is 2. The van der Waals surface area contributed by atoms with Crippen LogP contribution in [0.2, 0.25) is 0 Å². The number of fused-ring (bicyclic) bond motifs is 4. The molecule has 2 aliphatic carbocycles. The Morgan fingerprint density at radius 1 is 1.06 bits per heavy atom. The number of nitrogens with one attached hydrogen (secondary N) is 1. The first-order valence-corrected chi connectivity index (χ1v) is 11.7. The van der Waals surface area contributed by atoms with Gasteiger partial charge >= 0.3 is 12.1 Å². The Balaban J connectivity index is 1.05. The Labute approximate surface area is 197 Å². The maximum atomic E-state index is 12.5. The summed E-state index contributed by atoms with van der Waals surface area (Å²) in [4.78, 5) is 37.9. The zero-order chi connectivity index (χ0) is 23.7. The van der Waals surface area contributed by atoms with Gasteiger partial charge in [-0.1, -0.05) is 48.5 Å². The summed E-state index contributed by atoms with van der Waals surface area (Å²) in [5, 5.41) is 12.2. The lowest BCUT2D eigenvalue weighted by molar-refractivity contribution is -0.156. The van der Waals surface area contributed by atoms with Gasteiger partial charge in [-0.2, -0.15) is 0 Å². The summed E-state index contributed by atoms with van der Waals surface area (Å²) in [6, 6.07) is 16.3. The van der Waals surface area contributed by atoms with Gasteiger partial charge in [-0.25, -0.2) is 9.59 Å². The molecule has 1 aliphatic heterocycles. The van der Waals surface area contributed by atoms with Crippen molar-refractivity contribution in [2.24, 2.45) is 5.92 Å². The first-order chi connectivity index (χ1) is 16.5. The fourth-order valence-electron chi connectivity index (χ4n) is 5.52. The quantitative estimate of drug-likeness (QED) is 0.582. The van der Waals surface area contributed by atoms with Gasteiger partial charge in [0.25, 0.3) is 0 Å². The van der Waals surface area contributed by atoms with Gasteiger partial charge in [0.15, 0.2) is 0 Å². The number of aliphatic carboxylic acids is 1. The third-order valence-corrected chi connectivity index (χ3v) is 7.25. The first-order valence-electron chi connectivity index (χ1n) is 11.7. The van der Waals surface area contributed by atoms with Crippen molar-refractivity contribution in [3.63, 3.8) is 0 Å². The highest BCUT2D eigenvalue weighted by Gasteiger charge is 2.66. The number of alkyl carbamates (subject to hydrolysis) is 1. The highest BCUT2D eigenvalue weighted by Crippen LogP contribution is 2.54. The van der Waals surface area contributed by atoms with Crippen LogP contribution in [-0.2, 0) is 19.1 Å². The highest BCUT2D eigenvalue weighted by molar-refractivity contribution is 5.91. The minimum Gasteiger partial charge on any atom is -0.479 e. The van der Waals surface area contributed by atoms with Crippen molar-refractivity contribution in [1.82, 2.24) is 10.2 Å². The summed E-state index contributed by atoms with van der Waals surface area (Å²) in [5.74, 6) is -1.20. The Hall–Kier alpha value is -3.39. The molecule has 2 aromatic rings. The van der Waals surface area contributed by atoms with E-state index >= 15 is 0 Å². The summed E-state index contributed by atoms with van der Waals surface area (Å²) < 4.78 is 10.9. The number of carboxylic acids is 1. The number of piperidine rings is 1. The molecule has 0 bridgehead atoms. The smallest absolute Gasteiger partial charge is 0.407 e. The number of hydrogen-bond donors (Lipinski definition) is 2.